The Labute approximate surface area is 127 Å². The lowest BCUT2D eigenvalue weighted by Gasteiger charge is -2.39. The Bertz CT molecular complexity index is 492. The molecule has 2 N–H and O–H groups in total. The molecule has 0 aromatic heterocycles. The second kappa shape index (κ2) is 6.59. The number of aliphatic carboxylic acids is 1. The number of nitrogens with zero attached hydrogens (tertiary/aromatic N) is 1. The van der Waals surface area contributed by atoms with Crippen LogP contribution in [0.4, 0.5) is 0 Å². The summed E-state index contributed by atoms with van der Waals surface area (Å²) in [6, 6.07) is 4.82. The average molecular weight is 342 g/mol. The van der Waals surface area contributed by atoms with E-state index in [4.69, 9.17) is 0 Å². The number of carbonyl (C=O) groups is 1. The SMILES string of the molecule is CCC(c1cc(Br)ccc1O)N1CCCCC1C(=O)O. The van der Waals surface area contributed by atoms with Crippen molar-refractivity contribution in [2.45, 2.75) is 44.7 Å². The Morgan fingerprint density at radius 2 is 2.25 bits per heavy atom. The van der Waals surface area contributed by atoms with Crippen molar-refractivity contribution < 1.29 is 15.0 Å². The second-order valence-electron chi connectivity index (χ2n) is 5.21. The molecule has 4 nitrogen and oxygen atoms in total. The molecule has 20 heavy (non-hydrogen) atoms. The molecule has 1 aromatic rings. The van der Waals surface area contributed by atoms with E-state index in [0.717, 1.165) is 35.8 Å². The van der Waals surface area contributed by atoms with Gasteiger partial charge in [0.25, 0.3) is 0 Å². The number of likely N-dealkylation sites (tertiary alicyclic amines) is 1. The number of hydrogen-bond donors (Lipinski definition) is 2. The van der Waals surface area contributed by atoms with Crippen molar-refractivity contribution >= 4 is 21.9 Å². The van der Waals surface area contributed by atoms with Crippen molar-refractivity contribution in [1.29, 1.82) is 0 Å². The number of phenols is 1. The van der Waals surface area contributed by atoms with Crippen molar-refractivity contribution in [1.82, 2.24) is 4.90 Å². The number of benzene rings is 1. The minimum atomic E-state index is -0.766. The lowest BCUT2D eigenvalue weighted by Crippen LogP contribution is -2.46. The number of halogens is 1. The molecule has 0 radical (unpaired) electrons. The summed E-state index contributed by atoms with van der Waals surface area (Å²) in [4.78, 5) is 13.5. The van der Waals surface area contributed by atoms with Crippen LogP contribution in [0.3, 0.4) is 0 Å². The van der Waals surface area contributed by atoms with Crippen LogP contribution in [0, 0.1) is 0 Å². The van der Waals surface area contributed by atoms with Crippen LogP contribution in [0.5, 0.6) is 5.75 Å². The van der Waals surface area contributed by atoms with Crippen LogP contribution in [0.25, 0.3) is 0 Å². The smallest absolute Gasteiger partial charge is 0.320 e. The lowest BCUT2D eigenvalue weighted by atomic mass is 9.94. The average Bonchev–Trinajstić information content (AvgIpc) is 2.44. The highest BCUT2D eigenvalue weighted by Crippen LogP contribution is 2.36. The van der Waals surface area contributed by atoms with Crippen LogP contribution in [0.15, 0.2) is 22.7 Å². The highest BCUT2D eigenvalue weighted by molar-refractivity contribution is 9.10. The van der Waals surface area contributed by atoms with Crippen LogP contribution in [0.2, 0.25) is 0 Å². The monoisotopic (exact) mass is 341 g/mol. The number of aromatic hydroxyl groups is 1. The van der Waals surface area contributed by atoms with Gasteiger partial charge in [-0.05, 0) is 44.0 Å². The van der Waals surface area contributed by atoms with E-state index in [-0.39, 0.29) is 11.8 Å². The van der Waals surface area contributed by atoms with E-state index >= 15 is 0 Å². The van der Waals surface area contributed by atoms with E-state index in [1.165, 1.54) is 0 Å². The normalized spacial score (nSPS) is 21.6. The molecule has 0 bridgehead atoms. The van der Waals surface area contributed by atoms with Gasteiger partial charge in [0, 0.05) is 16.1 Å². The third-order valence-electron chi connectivity index (χ3n) is 3.96. The number of carboxylic acid groups (broad SMARTS) is 1. The third kappa shape index (κ3) is 3.15. The molecule has 2 rings (SSSR count). The fourth-order valence-corrected chi connectivity index (χ4v) is 3.40. The van der Waals surface area contributed by atoms with Gasteiger partial charge in [0.05, 0.1) is 0 Å². The van der Waals surface area contributed by atoms with E-state index in [1.54, 1.807) is 12.1 Å². The van der Waals surface area contributed by atoms with E-state index in [1.807, 2.05) is 17.9 Å². The zero-order valence-corrected chi connectivity index (χ0v) is 13.1. The van der Waals surface area contributed by atoms with Crippen molar-refractivity contribution in [2.75, 3.05) is 6.54 Å². The molecule has 110 valence electrons. The predicted octanol–water partition coefficient (Wildman–Crippen LogP) is 3.54. The first kappa shape index (κ1) is 15.3. The first-order valence-corrected chi connectivity index (χ1v) is 7.80. The van der Waals surface area contributed by atoms with Gasteiger partial charge in [-0.3, -0.25) is 9.69 Å². The number of carboxylic acids is 1. The van der Waals surface area contributed by atoms with E-state index in [9.17, 15) is 15.0 Å². The van der Waals surface area contributed by atoms with Gasteiger partial charge in [-0.1, -0.05) is 29.3 Å². The van der Waals surface area contributed by atoms with Gasteiger partial charge >= 0.3 is 5.97 Å². The summed E-state index contributed by atoms with van der Waals surface area (Å²) in [7, 11) is 0. The fraction of sp³-hybridized carbons (Fsp3) is 0.533. The Hall–Kier alpha value is -1.07. The molecule has 0 spiro atoms. The maximum atomic E-state index is 11.5. The first-order chi connectivity index (χ1) is 9.54. The second-order valence-corrected chi connectivity index (χ2v) is 6.13. The zero-order valence-electron chi connectivity index (χ0n) is 11.6. The molecule has 2 unspecified atom stereocenters. The van der Waals surface area contributed by atoms with Gasteiger partial charge in [0.1, 0.15) is 11.8 Å². The van der Waals surface area contributed by atoms with Gasteiger partial charge in [0.15, 0.2) is 0 Å². The highest BCUT2D eigenvalue weighted by atomic mass is 79.9. The first-order valence-electron chi connectivity index (χ1n) is 7.01. The lowest BCUT2D eigenvalue weighted by molar-refractivity contribution is -0.146. The number of phenolic OH excluding ortho intramolecular Hbond substituents is 1. The molecule has 5 heteroatoms. The summed E-state index contributed by atoms with van der Waals surface area (Å²) in [5.41, 5.74) is 0.801. The maximum absolute atomic E-state index is 11.5. The molecule has 1 aliphatic rings. The van der Waals surface area contributed by atoms with E-state index in [0.29, 0.717) is 6.42 Å². The van der Waals surface area contributed by atoms with E-state index < -0.39 is 12.0 Å². The third-order valence-corrected chi connectivity index (χ3v) is 4.46. The molecule has 1 aromatic carbocycles. The molecule has 2 atom stereocenters. The van der Waals surface area contributed by atoms with Crippen LogP contribution in [-0.2, 0) is 4.79 Å². The zero-order chi connectivity index (χ0) is 14.7. The Kier molecular flexibility index (Phi) is 5.05. The van der Waals surface area contributed by atoms with Crippen molar-refractivity contribution in [3.63, 3.8) is 0 Å². The molecule has 0 aliphatic carbocycles. The quantitative estimate of drug-likeness (QED) is 0.879. The van der Waals surface area contributed by atoms with E-state index in [2.05, 4.69) is 15.9 Å². The number of piperidine rings is 1. The van der Waals surface area contributed by atoms with Crippen LogP contribution < -0.4 is 0 Å². The fourth-order valence-electron chi connectivity index (χ4n) is 3.02. The van der Waals surface area contributed by atoms with Crippen molar-refractivity contribution in [3.8, 4) is 5.75 Å². The Morgan fingerprint density at radius 1 is 1.50 bits per heavy atom. The van der Waals surface area contributed by atoms with Gasteiger partial charge < -0.3 is 10.2 Å². The maximum Gasteiger partial charge on any atom is 0.320 e. The van der Waals surface area contributed by atoms with Gasteiger partial charge in [0.2, 0.25) is 0 Å². The summed E-state index contributed by atoms with van der Waals surface area (Å²) in [5.74, 6) is -0.535. The molecular formula is C15H20BrNO3. The molecule has 0 amide bonds. The molecule has 1 saturated heterocycles. The largest absolute Gasteiger partial charge is 0.508 e. The van der Waals surface area contributed by atoms with Crippen molar-refractivity contribution in [2.24, 2.45) is 0 Å². The highest BCUT2D eigenvalue weighted by Gasteiger charge is 2.34. The predicted molar refractivity (Wildman–Crippen MR) is 80.8 cm³/mol. The molecule has 1 aliphatic heterocycles. The minimum Gasteiger partial charge on any atom is -0.508 e. The summed E-state index contributed by atoms with van der Waals surface area (Å²) >= 11 is 3.42. The molecular weight excluding hydrogens is 322 g/mol. The Balaban J connectivity index is 2.34. The van der Waals surface area contributed by atoms with Gasteiger partial charge in [-0.2, -0.15) is 0 Å². The van der Waals surface area contributed by atoms with Crippen LogP contribution in [0.1, 0.15) is 44.2 Å². The minimum absolute atomic E-state index is 0.0612. The summed E-state index contributed by atoms with van der Waals surface area (Å²) in [6.07, 6.45) is 3.41. The van der Waals surface area contributed by atoms with Gasteiger partial charge in [-0.15, -0.1) is 0 Å². The number of rotatable bonds is 4. The van der Waals surface area contributed by atoms with Crippen LogP contribution >= 0.6 is 15.9 Å². The summed E-state index contributed by atoms with van der Waals surface area (Å²) in [5, 5.41) is 19.5. The topological polar surface area (TPSA) is 60.8 Å². The standard InChI is InChI=1S/C15H20BrNO3/c1-2-12(11-9-10(16)6-7-14(11)18)17-8-4-3-5-13(17)15(19)20/h6-7,9,12-13,18H,2-5,8H2,1H3,(H,19,20). The van der Waals surface area contributed by atoms with Crippen molar-refractivity contribution in [3.05, 3.63) is 28.2 Å². The van der Waals surface area contributed by atoms with Gasteiger partial charge in [-0.25, -0.2) is 0 Å². The number of hydrogen-bond acceptors (Lipinski definition) is 3. The molecule has 1 fully saturated rings. The molecule has 1 heterocycles. The van der Waals surface area contributed by atoms with Crippen LogP contribution in [-0.4, -0.2) is 33.7 Å². The Morgan fingerprint density at radius 3 is 2.90 bits per heavy atom. The molecule has 0 saturated carbocycles. The summed E-state index contributed by atoms with van der Waals surface area (Å²) < 4.78 is 0.896. The summed E-state index contributed by atoms with van der Waals surface area (Å²) in [6.45, 7) is 2.79.